The van der Waals surface area contributed by atoms with Crippen LogP contribution in [0.15, 0.2) is 88.4 Å². The quantitative estimate of drug-likeness (QED) is 0.254. The van der Waals surface area contributed by atoms with Crippen molar-refractivity contribution < 1.29 is 32.3 Å². The largest absolute Gasteiger partial charge is 0.462 e. The number of anilines is 3. The lowest BCUT2D eigenvalue weighted by Crippen LogP contribution is -2.33. The topological polar surface area (TPSA) is 165 Å². The van der Waals surface area contributed by atoms with E-state index in [1.807, 2.05) is 6.92 Å². The zero-order valence-electron chi connectivity index (χ0n) is 21.0. The maximum absolute atomic E-state index is 13.2. The summed E-state index contributed by atoms with van der Waals surface area (Å²) >= 11 is 6.22. The number of carbonyl (C=O) groups is 4. The molecule has 0 aliphatic carbocycles. The molecular weight excluding hydrogens is 560 g/mol. The minimum absolute atomic E-state index is 0.0395. The van der Waals surface area contributed by atoms with Crippen LogP contribution >= 0.6 is 11.6 Å². The van der Waals surface area contributed by atoms with Gasteiger partial charge in [-0.3, -0.25) is 14.4 Å². The van der Waals surface area contributed by atoms with Crippen molar-refractivity contribution in [3.05, 3.63) is 94.7 Å². The second kappa shape index (κ2) is 11.7. The summed E-state index contributed by atoms with van der Waals surface area (Å²) in [7, 11) is -3.86. The summed E-state index contributed by atoms with van der Waals surface area (Å²) in [5.74, 6) is -2.73. The van der Waals surface area contributed by atoms with Gasteiger partial charge in [0.1, 0.15) is 10.7 Å². The molecule has 0 unspecified atom stereocenters. The second-order valence-corrected chi connectivity index (χ2v) is 10.5. The first-order valence-corrected chi connectivity index (χ1v) is 13.8. The highest BCUT2D eigenvalue weighted by atomic mass is 35.5. The number of ether oxygens (including phenoxy) is 1. The average Bonchev–Trinajstić information content (AvgIpc) is 3.14. The molecule has 4 N–H and O–H groups in total. The number of nitrogens with two attached hydrogens (primary N) is 1. The fourth-order valence-corrected chi connectivity index (χ4v) is 4.45. The number of primary sulfonamides is 1. The van der Waals surface area contributed by atoms with E-state index in [2.05, 4.69) is 10.6 Å². The van der Waals surface area contributed by atoms with Crippen LogP contribution in [0.4, 0.5) is 17.1 Å². The van der Waals surface area contributed by atoms with E-state index >= 15 is 0 Å². The van der Waals surface area contributed by atoms with E-state index in [0.717, 1.165) is 4.90 Å². The van der Waals surface area contributed by atoms with Gasteiger partial charge in [-0.2, -0.15) is 0 Å². The van der Waals surface area contributed by atoms with Gasteiger partial charge in [0.05, 0.1) is 22.8 Å². The van der Waals surface area contributed by atoms with Gasteiger partial charge in [-0.25, -0.2) is 23.3 Å². The number of esters is 1. The number of nitrogens with one attached hydrogen (secondary N) is 2. The summed E-state index contributed by atoms with van der Waals surface area (Å²) in [6.07, 6.45) is 0.603. The van der Waals surface area contributed by atoms with Gasteiger partial charge in [0.25, 0.3) is 17.7 Å². The maximum Gasteiger partial charge on any atom is 0.340 e. The van der Waals surface area contributed by atoms with Crippen LogP contribution < -0.4 is 20.7 Å². The Labute approximate surface area is 234 Å². The predicted octanol–water partition coefficient (Wildman–Crippen LogP) is 3.59. The van der Waals surface area contributed by atoms with Crippen LogP contribution in [-0.2, 0) is 24.3 Å². The van der Waals surface area contributed by atoms with E-state index in [9.17, 15) is 27.6 Å². The lowest BCUT2D eigenvalue weighted by atomic mass is 10.1. The summed E-state index contributed by atoms with van der Waals surface area (Å²) < 4.78 is 27.9. The van der Waals surface area contributed by atoms with Gasteiger partial charge in [0.2, 0.25) is 10.0 Å². The predicted molar refractivity (Wildman–Crippen MR) is 148 cm³/mol. The number of hydrogen-bond donors (Lipinski definition) is 3. The third-order valence-electron chi connectivity index (χ3n) is 5.69. The number of amides is 3. The van der Waals surface area contributed by atoms with E-state index in [1.54, 1.807) is 12.1 Å². The molecule has 0 saturated carbocycles. The molecule has 3 aromatic rings. The molecule has 0 spiro atoms. The SMILES string of the molecule is CCCOC(=O)c1ccccc1N1C(=O)C(Cl)=C(Nc2ccc(C(=O)Nc3ccc(S(N)(=O)=O)cc3)cc2)C1=O. The minimum atomic E-state index is -3.86. The summed E-state index contributed by atoms with van der Waals surface area (Å²) in [5, 5.41) is 10.1. The van der Waals surface area contributed by atoms with Gasteiger partial charge in [-0.15, -0.1) is 0 Å². The number of imide groups is 1. The Kier molecular flexibility index (Phi) is 8.33. The van der Waals surface area contributed by atoms with Crippen molar-refractivity contribution in [2.45, 2.75) is 18.2 Å². The van der Waals surface area contributed by atoms with Crippen LogP contribution in [0.1, 0.15) is 34.1 Å². The molecule has 0 atom stereocenters. The van der Waals surface area contributed by atoms with Crippen molar-refractivity contribution in [2.24, 2.45) is 5.14 Å². The molecule has 11 nitrogen and oxygen atoms in total. The highest BCUT2D eigenvalue weighted by molar-refractivity contribution is 7.89. The number of carbonyl (C=O) groups excluding carboxylic acids is 4. The molecule has 0 bridgehead atoms. The molecule has 0 saturated heterocycles. The fraction of sp³-hybridized carbons (Fsp3) is 0.111. The molecule has 0 aromatic heterocycles. The molecule has 3 aromatic carbocycles. The Morgan fingerprint density at radius 3 is 2.17 bits per heavy atom. The van der Waals surface area contributed by atoms with E-state index in [0.29, 0.717) is 17.8 Å². The average molecular weight is 583 g/mol. The maximum atomic E-state index is 13.2. The molecule has 1 aliphatic heterocycles. The number of benzene rings is 3. The van der Waals surface area contributed by atoms with Crippen molar-refractivity contribution in [1.82, 2.24) is 0 Å². The molecule has 1 aliphatic rings. The summed E-state index contributed by atoms with van der Waals surface area (Å²) in [4.78, 5) is 52.0. The third kappa shape index (κ3) is 6.04. The number of para-hydroxylation sites is 1. The molecule has 1 heterocycles. The Bertz CT molecular complexity index is 1640. The molecule has 40 heavy (non-hydrogen) atoms. The van der Waals surface area contributed by atoms with E-state index in [4.69, 9.17) is 21.5 Å². The molecule has 206 valence electrons. The number of nitrogens with zero attached hydrogens (tertiary/aromatic N) is 1. The zero-order valence-corrected chi connectivity index (χ0v) is 22.6. The Hall–Kier alpha value is -4.52. The molecule has 0 fully saturated rings. The van der Waals surface area contributed by atoms with Crippen LogP contribution in [0.5, 0.6) is 0 Å². The molecular formula is C27H23ClN4O7S. The summed E-state index contributed by atoms with van der Waals surface area (Å²) in [6, 6.07) is 17.4. The van der Waals surface area contributed by atoms with Crippen molar-refractivity contribution in [3.8, 4) is 0 Å². The lowest BCUT2D eigenvalue weighted by molar-refractivity contribution is -0.120. The Balaban J connectivity index is 1.47. The Morgan fingerprint density at radius 2 is 1.55 bits per heavy atom. The van der Waals surface area contributed by atoms with Crippen LogP contribution in [-0.4, -0.2) is 38.7 Å². The fourth-order valence-electron chi connectivity index (χ4n) is 3.72. The molecule has 4 rings (SSSR count). The molecule has 3 amide bonds. The third-order valence-corrected chi connectivity index (χ3v) is 6.97. The van der Waals surface area contributed by atoms with Crippen LogP contribution in [0.3, 0.4) is 0 Å². The molecule has 13 heteroatoms. The van der Waals surface area contributed by atoms with Gasteiger partial charge in [-0.1, -0.05) is 30.7 Å². The summed E-state index contributed by atoms with van der Waals surface area (Å²) in [6.45, 7) is 2.02. The van der Waals surface area contributed by atoms with E-state index in [-0.39, 0.29) is 39.0 Å². The normalized spacial score (nSPS) is 13.4. The summed E-state index contributed by atoms with van der Waals surface area (Å²) in [5.41, 5.74) is 0.855. The van der Waals surface area contributed by atoms with Gasteiger partial charge < -0.3 is 15.4 Å². The minimum Gasteiger partial charge on any atom is -0.462 e. The van der Waals surface area contributed by atoms with E-state index in [1.165, 1.54) is 60.7 Å². The highest BCUT2D eigenvalue weighted by Crippen LogP contribution is 2.32. The Morgan fingerprint density at radius 1 is 0.925 bits per heavy atom. The van der Waals surface area contributed by atoms with Crippen LogP contribution in [0, 0.1) is 0 Å². The van der Waals surface area contributed by atoms with Crippen molar-refractivity contribution >= 4 is 62.4 Å². The zero-order chi connectivity index (χ0) is 29.0. The number of sulfonamides is 1. The smallest absolute Gasteiger partial charge is 0.340 e. The van der Waals surface area contributed by atoms with Crippen molar-refractivity contribution in [2.75, 3.05) is 22.1 Å². The second-order valence-electron chi connectivity index (χ2n) is 8.51. The standard InChI is InChI=1S/C27H23ClN4O7S/c1-2-15-39-27(36)20-5-3-4-6-21(20)32-25(34)22(28)23(26(32)35)30-17-9-7-16(8-10-17)24(33)31-18-11-13-19(14-12-18)40(29,37)38/h3-14,30H,2,15H2,1H3,(H,31,33)(H2,29,37,38). The first-order chi connectivity index (χ1) is 19.0. The number of halogens is 1. The van der Waals surface area contributed by atoms with Gasteiger partial charge >= 0.3 is 5.97 Å². The van der Waals surface area contributed by atoms with Gasteiger partial charge in [0, 0.05) is 16.9 Å². The van der Waals surface area contributed by atoms with Crippen molar-refractivity contribution in [1.29, 1.82) is 0 Å². The van der Waals surface area contributed by atoms with Crippen LogP contribution in [0.25, 0.3) is 0 Å². The molecule has 0 radical (unpaired) electrons. The monoisotopic (exact) mass is 582 g/mol. The van der Waals surface area contributed by atoms with Gasteiger partial charge in [0.15, 0.2) is 0 Å². The van der Waals surface area contributed by atoms with E-state index < -0.39 is 33.7 Å². The van der Waals surface area contributed by atoms with Crippen molar-refractivity contribution in [3.63, 3.8) is 0 Å². The first kappa shape index (κ1) is 28.5. The first-order valence-electron chi connectivity index (χ1n) is 11.9. The number of rotatable bonds is 9. The van der Waals surface area contributed by atoms with Gasteiger partial charge in [-0.05, 0) is 67.1 Å². The number of hydrogen-bond acceptors (Lipinski definition) is 8. The lowest BCUT2D eigenvalue weighted by Gasteiger charge is -2.18. The highest BCUT2D eigenvalue weighted by Gasteiger charge is 2.40. The van der Waals surface area contributed by atoms with Crippen LogP contribution in [0.2, 0.25) is 0 Å².